The number of nitrogens with one attached hydrogen (secondary N) is 2. The molecular formula is C15H22N4O4. The van der Waals surface area contributed by atoms with Gasteiger partial charge in [-0.3, -0.25) is 14.7 Å². The van der Waals surface area contributed by atoms with E-state index < -0.39 is 12.0 Å². The van der Waals surface area contributed by atoms with E-state index >= 15 is 0 Å². The highest BCUT2D eigenvalue weighted by molar-refractivity contribution is 5.81. The molecule has 1 saturated heterocycles. The molecule has 1 aliphatic rings. The predicted molar refractivity (Wildman–Crippen MR) is 83.4 cm³/mol. The first-order valence-electron chi connectivity index (χ1n) is 7.57. The van der Waals surface area contributed by atoms with E-state index in [1.807, 2.05) is 17.6 Å². The number of ether oxygens (including phenoxy) is 1. The summed E-state index contributed by atoms with van der Waals surface area (Å²) in [6.45, 7) is 1.42. The molecule has 1 atom stereocenters. The summed E-state index contributed by atoms with van der Waals surface area (Å²) >= 11 is 0. The zero-order valence-electron chi connectivity index (χ0n) is 13.1. The Kier molecular flexibility index (Phi) is 6.16. The van der Waals surface area contributed by atoms with Gasteiger partial charge >= 0.3 is 6.09 Å². The molecule has 8 heteroatoms. The van der Waals surface area contributed by atoms with Crippen LogP contribution in [0.25, 0.3) is 0 Å². The summed E-state index contributed by atoms with van der Waals surface area (Å²) in [6.07, 6.45) is 4.58. The minimum atomic E-state index is -1.23. The second kappa shape index (κ2) is 8.33. The highest BCUT2D eigenvalue weighted by atomic mass is 16.5. The quantitative estimate of drug-likeness (QED) is 0.636. The van der Waals surface area contributed by atoms with Gasteiger partial charge in [-0.05, 0) is 38.1 Å². The van der Waals surface area contributed by atoms with Gasteiger partial charge in [0.2, 0.25) is 5.91 Å². The number of nitrogens with zero attached hydrogens (tertiary/aromatic N) is 2. The fraction of sp³-hybridized carbons (Fsp3) is 0.533. The molecular weight excluding hydrogens is 300 g/mol. The molecule has 23 heavy (non-hydrogen) atoms. The van der Waals surface area contributed by atoms with Crippen molar-refractivity contribution < 1.29 is 19.4 Å². The molecule has 126 valence electrons. The van der Waals surface area contributed by atoms with Crippen LogP contribution in [-0.4, -0.2) is 60.3 Å². The third-order valence-electron chi connectivity index (χ3n) is 3.73. The summed E-state index contributed by atoms with van der Waals surface area (Å²) in [5, 5.41) is 13.0. The van der Waals surface area contributed by atoms with Crippen LogP contribution in [0.1, 0.15) is 24.4 Å². The maximum Gasteiger partial charge on any atom is 0.405 e. The largest absolute Gasteiger partial charge is 0.490 e. The van der Waals surface area contributed by atoms with Gasteiger partial charge in [0, 0.05) is 12.2 Å². The lowest BCUT2D eigenvalue weighted by atomic mass is 10.1. The molecule has 0 unspecified atom stereocenters. The van der Waals surface area contributed by atoms with Gasteiger partial charge in [0.1, 0.15) is 12.4 Å². The van der Waals surface area contributed by atoms with E-state index in [1.54, 1.807) is 6.20 Å². The van der Waals surface area contributed by atoms with Crippen molar-refractivity contribution in [2.45, 2.75) is 18.9 Å². The van der Waals surface area contributed by atoms with Gasteiger partial charge in [-0.2, -0.15) is 0 Å². The van der Waals surface area contributed by atoms with Crippen molar-refractivity contribution in [1.82, 2.24) is 20.5 Å². The minimum absolute atomic E-state index is 0.264. The SMILES string of the molecule is CN1CCC[C@H]1c1cncc(OCCNC(=O)CNC(=O)O)c1. The van der Waals surface area contributed by atoms with E-state index in [1.165, 1.54) is 6.42 Å². The number of carbonyl (C=O) groups excluding carboxylic acids is 1. The zero-order chi connectivity index (χ0) is 16.7. The molecule has 2 rings (SSSR count). The highest BCUT2D eigenvalue weighted by Gasteiger charge is 2.23. The van der Waals surface area contributed by atoms with Crippen molar-refractivity contribution >= 4 is 12.0 Å². The summed E-state index contributed by atoms with van der Waals surface area (Å²) < 4.78 is 5.59. The van der Waals surface area contributed by atoms with E-state index in [-0.39, 0.29) is 6.54 Å². The van der Waals surface area contributed by atoms with Crippen molar-refractivity contribution in [2.24, 2.45) is 0 Å². The van der Waals surface area contributed by atoms with Gasteiger partial charge in [0.25, 0.3) is 0 Å². The smallest absolute Gasteiger partial charge is 0.405 e. The molecule has 0 saturated carbocycles. The van der Waals surface area contributed by atoms with Crippen LogP contribution >= 0.6 is 0 Å². The average Bonchev–Trinajstić information content (AvgIpc) is 2.96. The van der Waals surface area contributed by atoms with Crippen molar-refractivity contribution in [3.8, 4) is 5.75 Å². The molecule has 0 aromatic carbocycles. The Bertz CT molecular complexity index is 552. The van der Waals surface area contributed by atoms with Gasteiger partial charge in [0.15, 0.2) is 0 Å². The number of hydrogen-bond donors (Lipinski definition) is 3. The van der Waals surface area contributed by atoms with E-state index in [0.717, 1.165) is 18.5 Å². The van der Waals surface area contributed by atoms with Crippen molar-refractivity contribution in [3.63, 3.8) is 0 Å². The van der Waals surface area contributed by atoms with Gasteiger partial charge in [-0.1, -0.05) is 0 Å². The van der Waals surface area contributed by atoms with E-state index in [9.17, 15) is 9.59 Å². The highest BCUT2D eigenvalue weighted by Crippen LogP contribution is 2.31. The number of aromatic nitrogens is 1. The van der Waals surface area contributed by atoms with Crippen LogP contribution in [0.3, 0.4) is 0 Å². The summed E-state index contributed by atoms with van der Waals surface area (Å²) in [5.41, 5.74) is 1.14. The Hall–Kier alpha value is -2.35. The fourth-order valence-electron chi connectivity index (χ4n) is 2.61. The van der Waals surface area contributed by atoms with Crippen LogP contribution in [0.15, 0.2) is 18.5 Å². The molecule has 2 heterocycles. The predicted octanol–water partition coefficient (Wildman–Crippen LogP) is 0.611. The normalized spacial score (nSPS) is 17.7. The van der Waals surface area contributed by atoms with Crippen LogP contribution < -0.4 is 15.4 Å². The second-order valence-corrected chi connectivity index (χ2v) is 5.45. The van der Waals surface area contributed by atoms with Crippen LogP contribution in [0.2, 0.25) is 0 Å². The molecule has 1 aromatic heterocycles. The maximum atomic E-state index is 11.3. The van der Waals surface area contributed by atoms with Crippen LogP contribution in [0.5, 0.6) is 5.75 Å². The van der Waals surface area contributed by atoms with Gasteiger partial charge in [-0.15, -0.1) is 0 Å². The molecule has 1 aromatic rings. The Labute approximate surface area is 134 Å². The molecule has 3 N–H and O–H groups in total. The van der Waals surface area contributed by atoms with E-state index in [2.05, 4.69) is 22.2 Å². The topological polar surface area (TPSA) is 104 Å². The zero-order valence-corrected chi connectivity index (χ0v) is 13.1. The number of hydrogen-bond acceptors (Lipinski definition) is 5. The Morgan fingerprint density at radius 3 is 2.96 bits per heavy atom. The van der Waals surface area contributed by atoms with E-state index in [0.29, 0.717) is 24.9 Å². The fourth-order valence-corrected chi connectivity index (χ4v) is 2.61. The van der Waals surface area contributed by atoms with Gasteiger partial charge in [-0.25, -0.2) is 4.79 Å². The lowest BCUT2D eigenvalue weighted by Crippen LogP contribution is -2.37. The first-order valence-corrected chi connectivity index (χ1v) is 7.57. The Morgan fingerprint density at radius 1 is 1.43 bits per heavy atom. The number of pyridine rings is 1. The van der Waals surface area contributed by atoms with E-state index in [4.69, 9.17) is 9.84 Å². The van der Waals surface area contributed by atoms with Crippen molar-refractivity contribution in [3.05, 3.63) is 24.0 Å². The third kappa shape index (κ3) is 5.41. The molecule has 0 bridgehead atoms. The maximum absolute atomic E-state index is 11.3. The van der Waals surface area contributed by atoms with Gasteiger partial charge in [0.05, 0.1) is 19.3 Å². The lowest BCUT2D eigenvalue weighted by Gasteiger charge is -2.19. The number of likely N-dealkylation sites (tertiary alicyclic amines) is 1. The molecule has 0 aliphatic carbocycles. The average molecular weight is 322 g/mol. The van der Waals surface area contributed by atoms with Gasteiger partial charge < -0.3 is 20.5 Å². The summed E-state index contributed by atoms with van der Waals surface area (Å²) in [6, 6.07) is 2.36. The van der Waals surface area contributed by atoms with Crippen LogP contribution in [-0.2, 0) is 4.79 Å². The summed E-state index contributed by atoms with van der Waals surface area (Å²) in [4.78, 5) is 28.1. The monoisotopic (exact) mass is 322 g/mol. The number of carbonyl (C=O) groups is 2. The molecule has 1 aliphatic heterocycles. The first kappa shape index (κ1) is 17.0. The Morgan fingerprint density at radius 2 is 2.26 bits per heavy atom. The summed E-state index contributed by atoms with van der Waals surface area (Å²) in [7, 11) is 2.10. The Balaban J connectivity index is 1.73. The third-order valence-corrected chi connectivity index (χ3v) is 3.73. The summed E-state index contributed by atoms with van der Waals surface area (Å²) in [5.74, 6) is 0.274. The van der Waals surface area contributed by atoms with Crippen LogP contribution in [0, 0.1) is 0 Å². The number of rotatable bonds is 7. The molecule has 0 radical (unpaired) electrons. The number of amides is 2. The molecule has 8 nitrogen and oxygen atoms in total. The minimum Gasteiger partial charge on any atom is -0.490 e. The second-order valence-electron chi connectivity index (χ2n) is 5.45. The van der Waals surface area contributed by atoms with Crippen LogP contribution in [0.4, 0.5) is 4.79 Å². The molecule has 0 spiro atoms. The first-order chi connectivity index (χ1) is 11.1. The van der Waals surface area contributed by atoms with Crippen molar-refractivity contribution in [1.29, 1.82) is 0 Å². The molecule has 2 amide bonds. The lowest BCUT2D eigenvalue weighted by molar-refractivity contribution is -0.120. The molecule has 1 fully saturated rings. The standard InChI is InChI=1S/C15H22N4O4/c1-19-5-2-3-13(19)11-7-12(9-16-8-11)23-6-4-17-14(20)10-18-15(21)22/h7-9,13,18H,2-6,10H2,1H3,(H,17,20)(H,21,22)/t13-/m0/s1. The van der Waals surface area contributed by atoms with Crippen molar-refractivity contribution in [2.75, 3.05) is 33.3 Å². The number of carboxylic acid groups (broad SMARTS) is 1.